The number of aliphatic hydroxyl groups is 1. The number of alkyl halides is 2. The highest BCUT2D eigenvalue weighted by molar-refractivity contribution is 8.09. The van der Waals surface area contributed by atoms with Crippen LogP contribution in [0.3, 0.4) is 0 Å². The molecule has 6 atom stereocenters. The molecular weight excluding hydrogens is 540 g/mol. The largest absolute Gasteiger partial charge is 0.462 e. The van der Waals surface area contributed by atoms with Crippen LogP contribution in [0.2, 0.25) is 0 Å². The van der Waals surface area contributed by atoms with Crippen molar-refractivity contribution in [2.24, 2.45) is 0 Å². The number of H-pyrrole nitrogens is 1. The van der Waals surface area contributed by atoms with Gasteiger partial charge in [-0.1, -0.05) is 29.8 Å². The molecule has 3 N–H and O–H groups in total. The van der Waals surface area contributed by atoms with E-state index < -0.39 is 60.1 Å². The van der Waals surface area contributed by atoms with Crippen LogP contribution in [0.15, 0.2) is 52.2 Å². The quantitative estimate of drug-likeness (QED) is 0.222. The zero-order valence-electron chi connectivity index (χ0n) is 19.5. The Kier molecular flexibility index (Phi) is 9.10. The van der Waals surface area contributed by atoms with Crippen molar-refractivity contribution >= 4 is 36.0 Å². The van der Waals surface area contributed by atoms with Gasteiger partial charge in [-0.05, 0) is 44.7 Å². The summed E-state index contributed by atoms with van der Waals surface area (Å²) in [5.41, 5.74) is -1.69. The van der Waals surface area contributed by atoms with Gasteiger partial charge in [0.05, 0.1) is 12.7 Å². The molecule has 0 saturated carbocycles. The Morgan fingerprint density at radius 2 is 2.00 bits per heavy atom. The monoisotopic (exact) mass is 565 g/mol. The number of rotatable bonds is 10. The fourth-order valence-electron chi connectivity index (χ4n) is 3.22. The van der Waals surface area contributed by atoms with E-state index in [4.69, 9.17) is 41.9 Å². The Bertz CT molecular complexity index is 1230. The van der Waals surface area contributed by atoms with Crippen molar-refractivity contribution in [2.45, 2.75) is 56.5 Å². The number of hydrogen-bond donors (Lipinski definition) is 3. The van der Waals surface area contributed by atoms with E-state index >= 15 is 4.39 Å². The van der Waals surface area contributed by atoms with Gasteiger partial charge in [0.1, 0.15) is 24.0 Å². The third-order valence-corrected chi connectivity index (χ3v) is 7.83. The molecule has 1 aliphatic heterocycles. The van der Waals surface area contributed by atoms with Gasteiger partial charge in [0.2, 0.25) is 0 Å². The first-order valence-corrected chi connectivity index (χ1v) is 13.8. The molecule has 2 unspecified atom stereocenters. The Labute approximate surface area is 215 Å². The van der Waals surface area contributed by atoms with Crippen molar-refractivity contribution < 1.29 is 32.8 Å². The van der Waals surface area contributed by atoms with E-state index in [1.807, 2.05) is 4.98 Å². The lowest BCUT2D eigenvalue weighted by molar-refractivity contribution is -0.149. The lowest BCUT2D eigenvalue weighted by atomic mass is 10.1. The van der Waals surface area contributed by atoms with Gasteiger partial charge in [0.25, 0.3) is 10.7 Å². The average Bonchev–Trinajstić information content (AvgIpc) is 3.01. The number of halogens is 2. The number of aromatic nitrogens is 2. The molecule has 198 valence electrons. The molecule has 1 fully saturated rings. The van der Waals surface area contributed by atoms with Crippen LogP contribution in [0.25, 0.3) is 0 Å². The fourth-order valence-corrected chi connectivity index (χ4v) is 5.94. The van der Waals surface area contributed by atoms with Crippen LogP contribution < -0.4 is 20.9 Å². The summed E-state index contributed by atoms with van der Waals surface area (Å²) in [6.45, 7) is 0.859. The Hall–Kier alpha value is -2.12. The van der Waals surface area contributed by atoms with Crippen molar-refractivity contribution in [3.05, 3.63) is 63.4 Å². The SMILES string of the molecule is CC(C)OC(=O)C(C)NP(=S)(OC[C@H]1O[C@@H](n2ccc(=O)[nH]c2=O)[C@](F)(Cl)[C@@H]1O)Oc1ccccc1. The van der Waals surface area contributed by atoms with Gasteiger partial charge in [0, 0.05) is 12.3 Å². The van der Waals surface area contributed by atoms with E-state index in [0.717, 1.165) is 12.3 Å². The van der Waals surface area contributed by atoms with Gasteiger partial charge < -0.3 is 23.6 Å². The number of nitrogens with zero attached hydrogens (tertiary/aromatic N) is 1. The van der Waals surface area contributed by atoms with Crippen LogP contribution in [-0.4, -0.2) is 56.7 Å². The highest BCUT2D eigenvalue weighted by Crippen LogP contribution is 2.48. The van der Waals surface area contributed by atoms with Gasteiger partial charge in [-0.25, -0.2) is 14.3 Å². The van der Waals surface area contributed by atoms with Gasteiger partial charge in [0.15, 0.2) is 6.23 Å². The molecule has 15 heteroatoms. The summed E-state index contributed by atoms with van der Waals surface area (Å²) in [7, 11) is 0. The summed E-state index contributed by atoms with van der Waals surface area (Å²) < 4.78 is 38.3. The van der Waals surface area contributed by atoms with Crippen LogP contribution in [0.1, 0.15) is 27.0 Å². The molecular formula is C21H26ClFN3O8PS. The Morgan fingerprint density at radius 1 is 1.33 bits per heavy atom. The third-order valence-electron chi connectivity index (χ3n) is 4.92. The number of hydrogen-bond acceptors (Lipinski definition) is 9. The highest BCUT2D eigenvalue weighted by atomic mass is 35.5. The Morgan fingerprint density at radius 3 is 2.61 bits per heavy atom. The summed E-state index contributed by atoms with van der Waals surface area (Å²) in [6.07, 6.45) is -4.50. The lowest BCUT2D eigenvalue weighted by Crippen LogP contribution is -2.42. The van der Waals surface area contributed by atoms with Crippen LogP contribution in [0.4, 0.5) is 4.39 Å². The number of aromatic amines is 1. The van der Waals surface area contributed by atoms with Crippen LogP contribution in [0, 0.1) is 0 Å². The maximum absolute atomic E-state index is 15.2. The normalized spacial score (nSPS) is 26.4. The molecule has 1 aromatic carbocycles. The van der Waals surface area contributed by atoms with Gasteiger partial charge in [-0.3, -0.25) is 19.1 Å². The predicted octanol–water partition coefficient (Wildman–Crippen LogP) is 1.95. The van der Waals surface area contributed by atoms with Crippen LogP contribution in [0.5, 0.6) is 5.75 Å². The first-order valence-electron chi connectivity index (χ1n) is 10.8. The van der Waals surface area contributed by atoms with Crippen molar-refractivity contribution in [1.29, 1.82) is 0 Å². The zero-order chi connectivity index (χ0) is 26.7. The minimum absolute atomic E-state index is 0.334. The van der Waals surface area contributed by atoms with Gasteiger partial charge in [-0.2, -0.15) is 0 Å². The number of nitrogens with one attached hydrogen (secondary N) is 2. The highest BCUT2D eigenvalue weighted by Gasteiger charge is 2.58. The van der Waals surface area contributed by atoms with Crippen molar-refractivity contribution in [3.63, 3.8) is 0 Å². The lowest BCUT2D eigenvalue weighted by Gasteiger charge is -2.28. The van der Waals surface area contributed by atoms with Crippen LogP contribution >= 0.6 is 18.2 Å². The molecule has 0 spiro atoms. The smallest absolute Gasteiger partial charge is 0.330 e. The van der Waals surface area contributed by atoms with Crippen LogP contribution in [-0.2, 0) is 30.6 Å². The summed E-state index contributed by atoms with van der Waals surface area (Å²) in [5.74, 6) is -0.266. The maximum Gasteiger partial charge on any atom is 0.330 e. The van der Waals surface area contributed by atoms with Crippen molar-refractivity contribution in [3.8, 4) is 5.75 Å². The fraction of sp³-hybridized carbons (Fsp3) is 0.476. The number of ether oxygens (including phenoxy) is 2. The average molecular weight is 566 g/mol. The molecule has 36 heavy (non-hydrogen) atoms. The standard InChI is InChI=1S/C21H26ClFN3O8PS/c1-12(2)32-18(29)13(3)25-35(36,34-14-7-5-4-6-8-14)31-11-15-17(28)21(22,23)19(33-15)26-10-9-16(27)24-20(26)30/h4-10,12-13,15,17,19,28H,11H2,1-3H3,(H,25,36)(H,24,27,30)/t13?,15-,17-,19-,21+,35?/m1/s1. The molecule has 2 aromatic rings. The summed E-state index contributed by atoms with van der Waals surface area (Å²) >= 11 is 11.5. The Balaban J connectivity index is 1.80. The number of carbonyl (C=O) groups is 1. The minimum atomic E-state index is -3.51. The number of carbonyl (C=O) groups excluding carboxylic acids is 1. The zero-order valence-corrected chi connectivity index (χ0v) is 22.0. The topological polar surface area (TPSA) is 141 Å². The molecule has 1 aliphatic rings. The molecule has 0 aliphatic carbocycles. The maximum atomic E-state index is 15.2. The molecule has 1 aromatic heterocycles. The van der Waals surface area contributed by atoms with E-state index in [1.165, 1.54) is 6.92 Å². The molecule has 0 radical (unpaired) electrons. The predicted molar refractivity (Wildman–Crippen MR) is 132 cm³/mol. The molecule has 3 rings (SSSR count). The van der Waals surface area contributed by atoms with E-state index in [-0.39, 0.29) is 6.10 Å². The van der Waals surface area contributed by atoms with E-state index in [2.05, 4.69) is 5.09 Å². The second-order valence-corrected chi connectivity index (χ2v) is 11.9. The molecule has 0 bridgehead atoms. The van der Waals surface area contributed by atoms with E-state index in [1.54, 1.807) is 44.2 Å². The molecule has 11 nitrogen and oxygen atoms in total. The summed E-state index contributed by atoms with van der Waals surface area (Å²) in [4.78, 5) is 37.7. The first kappa shape index (κ1) is 28.5. The molecule has 1 saturated heterocycles. The number of para-hydroxylation sites is 1. The van der Waals surface area contributed by atoms with E-state index in [0.29, 0.717) is 10.3 Å². The third kappa shape index (κ3) is 6.80. The van der Waals surface area contributed by atoms with E-state index in [9.17, 15) is 19.5 Å². The molecule has 0 amide bonds. The number of esters is 1. The minimum Gasteiger partial charge on any atom is -0.462 e. The molecule has 2 heterocycles. The number of aliphatic hydroxyl groups excluding tert-OH is 1. The van der Waals surface area contributed by atoms with Gasteiger partial charge >= 0.3 is 18.3 Å². The number of benzene rings is 1. The first-order chi connectivity index (χ1) is 16.8. The van der Waals surface area contributed by atoms with Crippen molar-refractivity contribution in [2.75, 3.05) is 6.61 Å². The summed E-state index contributed by atoms with van der Waals surface area (Å²) in [6, 6.07) is 8.44. The second kappa shape index (κ2) is 11.5. The summed E-state index contributed by atoms with van der Waals surface area (Å²) in [5, 5.41) is 10.4. The second-order valence-electron chi connectivity index (χ2n) is 8.20. The van der Waals surface area contributed by atoms with Gasteiger partial charge in [-0.15, -0.1) is 0 Å². The van der Waals surface area contributed by atoms with Crippen molar-refractivity contribution in [1.82, 2.24) is 14.6 Å².